The van der Waals surface area contributed by atoms with Gasteiger partial charge in [0, 0.05) is 11.9 Å². The van der Waals surface area contributed by atoms with E-state index in [1.54, 1.807) is 13.8 Å². The van der Waals surface area contributed by atoms with Crippen molar-refractivity contribution in [2.24, 2.45) is 0 Å². The fourth-order valence-electron chi connectivity index (χ4n) is 1.72. The lowest BCUT2D eigenvalue weighted by Crippen LogP contribution is -2.45. The molecule has 1 aromatic heterocycles. The Morgan fingerprint density at radius 3 is 2.37 bits per heavy atom. The molecule has 0 radical (unpaired) electrons. The van der Waals surface area contributed by atoms with Crippen LogP contribution in [-0.4, -0.2) is 21.6 Å². The molecule has 0 fully saturated rings. The van der Waals surface area contributed by atoms with E-state index in [2.05, 4.69) is 10.3 Å². The molecule has 1 rings (SSSR count). The van der Waals surface area contributed by atoms with Gasteiger partial charge in [-0.05, 0) is 25.0 Å². The van der Waals surface area contributed by atoms with Crippen molar-refractivity contribution in [2.75, 3.05) is 5.32 Å². The molecule has 0 atom stereocenters. The molecule has 0 aromatic carbocycles. The minimum absolute atomic E-state index is 0.0911. The van der Waals surface area contributed by atoms with Crippen molar-refractivity contribution >= 4 is 11.7 Å². The van der Waals surface area contributed by atoms with Crippen LogP contribution in [0.15, 0.2) is 18.3 Å². The van der Waals surface area contributed by atoms with Crippen molar-refractivity contribution in [3.63, 3.8) is 0 Å². The summed E-state index contributed by atoms with van der Waals surface area (Å²) in [4.78, 5) is 14.5. The second-order valence-electron chi connectivity index (χ2n) is 4.15. The molecule has 4 nitrogen and oxygen atoms in total. The molecule has 2 N–H and O–H groups in total. The zero-order valence-corrected chi connectivity index (χ0v) is 10.6. The average molecular weight is 276 g/mol. The molecule has 0 spiro atoms. The van der Waals surface area contributed by atoms with Crippen LogP contribution >= 0.6 is 0 Å². The van der Waals surface area contributed by atoms with Gasteiger partial charge in [0.05, 0.1) is 0 Å². The van der Waals surface area contributed by atoms with Crippen LogP contribution in [-0.2, 0) is 11.0 Å². The topological polar surface area (TPSA) is 62.2 Å². The molecular weight excluding hydrogens is 261 g/mol. The normalized spacial score (nSPS) is 12.3. The third-order valence-corrected chi connectivity index (χ3v) is 3.05. The Hall–Kier alpha value is -1.79. The number of halogens is 3. The van der Waals surface area contributed by atoms with Gasteiger partial charge in [-0.2, -0.15) is 13.2 Å². The third-order valence-electron chi connectivity index (χ3n) is 3.05. The van der Waals surface area contributed by atoms with Crippen molar-refractivity contribution in [3.8, 4) is 0 Å². The summed E-state index contributed by atoms with van der Waals surface area (Å²) in [6, 6.07) is 2.13. The van der Waals surface area contributed by atoms with Crippen LogP contribution in [0.5, 0.6) is 0 Å². The van der Waals surface area contributed by atoms with Crippen molar-refractivity contribution in [3.05, 3.63) is 24.0 Å². The molecular formula is C12H15F3N2O2. The quantitative estimate of drug-likeness (QED) is 0.867. The number of nitrogens with zero attached hydrogens (tertiary/aromatic N) is 1. The van der Waals surface area contributed by atoms with E-state index < -0.39 is 23.4 Å². The summed E-state index contributed by atoms with van der Waals surface area (Å²) in [6.45, 7) is 3.33. The number of carboxylic acids is 1. The highest BCUT2D eigenvalue weighted by atomic mass is 19.4. The molecule has 0 bridgehead atoms. The zero-order valence-electron chi connectivity index (χ0n) is 10.6. The van der Waals surface area contributed by atoms with Crippen LogP contribution in [0.4, 0.5) is 18.9 Å². The number of carboxylic acid groups (broad SMARTS) is 1. The number of aromatic nitrogens is 1. The minimum atomic E-state index is -4.55. The number of hydrogen-bond acceptors (Lipinski definition) is 3. The first kappa shape index (κ1) is 15.3. The summed E-state index contributed by atoms with van der Waals surface area (Å²) in [6.07, 6.45) is -3.05. The number of aliphatic carboxylic acids is 1. The molecule has 0 unspecified atom stereocenters. The van der Waals surface area contributed by atoms with Crippen molar-refractivity contribution in [1.82, 2.24) is 4.98 Å². The molecule has 19 heavy (non-hydrogen) atoms. The Labute approximate surface area is 108 Å². The Morgan fingerprint density at radius 2 is 1.95 bits per heavy atom. The van der Waals surface area contributed by atoms with E-state index in [4.69, 9.17) is 0 Å². The summed E-state index contributed by atoms with van der Waals surface area (Å²) >= 11 is 0. The maximum absolute atomic E-state index is 12.5. The summed E-state index contributed by atoms with van der Waals surface area (Å²) in [5.41, 5.74) is -2.23. The number of alkyl halides is 3. The predicted octanol–water partition coefficient (Wildman–Crippen LogP) is 3.16. The number of nitrogens with one attached hydrogen (secondary N) is 1. The Balaban J connectivity index is 3.08. The highest BCUT2D eigenvalue weighted by Gasteiger charge is 2.36. The smallest absolute Gasteiger partial charge is 0.433 e. The fraction of sp³-hybridized carbons (Fsp3) is 0.500. The summed E-state index contributed by atoms with van der Waals surface area (Å²) in [7, 11) is 0. The lowest BCUT2D eigenvalue weighted by atomic mass is 9.92. The van der Waals surface area contributed by atoms with E-state index >= 15 is 0 Å². The van der Waals surface area contributed by atoms with Crippen LogP contribution < -0.4 is 5.32 Å². The molecule has 106 valence electrons. The molecule has 0 saturated heterocycles. The van der Waals surface area contributed by atoms with Crippen molar-refractivity contribution < 1.29 is 23.1 Å². The van der Waals surface area contributed by atoms with Crippen LogP contribution in [0.2, 0.25) is 0 Å². The lowest BCUT2D eigenvalue weighted by molar-refractivity contribution is -0.142. The molecule has 1 heterocycles. The van der Waals surface area contributed by atoms with Crippen molar-refractivity contribution in [2.45, 2.75) is 38.4 Å². The van der Waals surface area contributed by atoms with E-state index in [9.17, 15) is 23.1 Å². The lowest BCUT2D eigenvalue weighted by Gasteiger charge is -2.29. The average Bonchev–Trinajstić information content (AvgIpc) is 2.35. The van der Waals surface area contributed by atoms with Crippen molar-refractivity contribution in [1.29, 1.82) is 0 Å². The maximum atomic E-state index is 12.5. The van der Waals surface area contributed by atoms with Gasteiger partial charge in [-0.1, -0.05) is 13.8 Å². The molecule has 1 aromatic rings. The van der Waals surface area contributed by atoms with Crippen LogP contribution in [0, 0.1) is 0 Å². The van der Waals surface area contributed by atoms with Gasteiger partial charge in [0.1, 0.15) is 11.2 Å². The Bertz CT molecular complexity index is 457. The molecule has 0 aliphatic carbocycles. The SMILES string of the molecule is CCC(CC)(Nc1ccnc(C(F)(F)F)c1)C(=O)O. The van der Waals surface area contributed by atoms with Gasteiger partial charge in [-0.25, -0.2) is 4.79 Å². The first-order valence-corrected chi connectivity index (χ1v) is 5.80. The molecule has 7 heteroatoms. The summed E-state index contributed by atoms with van der Waals surface area (Å²) in [5.74, 6) is -1.09. The third kappa shape index (κ3) is 3.36. The molecule has 0 aliphatic rings. The van der Waals surface area contributed by atoms with E-state index in [0.717, 1.165) is 12.3 Å². The first-order chi connectivity index (χ1) is 8.75. The second-order valence-corrected chi connectivity index (χ2v) is 4.15. The maximum Gasteiger partial charge on any atom is 0.433 e. The molecule has 0 saturated carbocycles. The highest BCUT2D eigenvalue weighted by Crippen LogP contribution is 2.30. The number of anilines is 1. The Kier molecular flexibility index (Phi) is 4.39. The van der Waals surface area contributed by atoms with Gasteiger partial charge in [0.15, 0.2) is 0 Å². The second kappa shape index (κ2) is 5.46. The van der Waals surface area contributed by atoms with Gasteiger partial charge >= 0.3 is 12.1 Å². The monoisotopic (exact) mass is 276 g/mol. The van der Waals surface area contributed by atoms with Gasteiger partial charge in [0.2, 0.25) is 0 Å². The first-order valence-electron chi connectivity index (χ1n) is 5.80. The largest absolute Gasteiger partial charge is 0.480 e. The van der Waals surface area contributed by atoms with Crippen LogP contribution in [0.25, 0.3) is 0 Å². The Morgan fingerprint density at radius 1 is 1.37 bits per heavy atom. The van der Waals surface area contributed by atoms with E-state index in [-0.39, 0.29) is 18.5 Å². The molecule has 0 aliphatic heterocycles. The number of pyridine rings is 1. The highest BCUT2D eigenvalue weighted by molar-refractivity contribution is 5.82. The predicted molar refractivity (Wildman–Crippen MR) is 63.8 cm³/mol. The fourth-order valence-corrected chi connectivity index (χ4v) is 1.72. The van der Waals surface area contributed by atoms with Crippen LogP contribution in [0.3, 0.4) is 0 Å². The minimum Gasteiger partial charge on any atom is -0.480 e. The van der Waals surface area contributed by atoms with E-state index in [0.29, 0.717) is 0 Å². The molecule has 0 amide bonds. The standard InChI is InChI=1S/C12H15F3N2O2/c1-3-11(4-2,10(18)19)17-8-5-6-16-9(7-8)12(13,14)15/h5-7H,3-4H2,1-2H3,(H,16,17)(H,18,19). The van der Waals surface area contributed by atoms with Gasteiger partial charge in [0.25, 0.3) is 0 Å². The zero-order chi connectivity index (χ0) is 14.7. The van der Waals surface area contributed by atoms with Gasteiger partial charge < -0.3 is 10.4 Å². The van der Waals surface area contributed by atoms with E-state index in [1.165, 1.54) is 6.07 Å². The van der Waals surface area contributed by atoms with E-state index in [1.807, 2.05) is 0 Å². The van der Waals surface area contributed by atoms with Gasteiger partial charge in [-0.15, -0.1) is 0 Å². The number of rotatable bonds is 5. The summed E-state index contributed by atoms with van der Waals surface area (Å²) in [5, 5.41) is 11.9. The summed E-state index contributed by atoms with van der Waals surface area (Å²) < 4.78 is 37.5. The number of carbonyl (C=O) groups is 1. The number of hydrogen-bond donors (Lipinski definition) is 2. The van der Waals surface area contributed by atoms with Gasteiger partial charge in [-0.3, -0.25) is 4.98 Å². The van der Waals surface area contributed by atoms with Crippen LogP contribution in [0.1, 0.15) is 32.4 Å².